The van der Waals surface area contributed by atoms with Gasteiger partial charge in [0, 0.05) is 51.9 Å². The molecule has 2 aromatic carbocycles. The van der Waals surface area contributed by atoms with Crippen molar-refractivity contribution in [2.75, 3.05) is 46.6 Å². The van der Waals surface area contributed by atoms with Crippen molar-refractivity contribution in [1.29, 1.82) is 5.41 Å². The number of fused-ring (bicyclic) bond motifs is 4. The molecule has 0 spiro atoms. The van der Waals surface area contributed by atoms with Crippen LogP contribution < -0.4 is 69.2 Å². The number of amides is 4. The van der Waals surface area contributed by atoms with Crippen molar-refractivity contribution >= 4 is 64.0 Å². The minimum Gasteiger partial charge on any atom is -0.482 e. The fourth-order valence-electron chi connectivity index (χ4n) is 7.71. The Morgan fingerprint density at radius 2 is 1.20 bits per heavy atom. The van der Waals surface area contributed by atoms with Crippen LogP contribution in [0.3, 0.4) is 0 Å². The summed E-state index contributed by atoms with van der Waals surface area (Å²) < 4.78 is 98.2. The number of carbonyl (C=O) groups excluding carboxylic acids is 4. The lowest BCUT2D eigenvalue weighted by molar-refractivity contribution is -0.138. The van der Waals surface area contributed by atoms with Crippen LogP contribution in [-0.2, 0) is 31.5 Å². The summed E-state index contributed by atoms with van der Waals surface area (Å²) in [6.07, 6.45) is -11.2. The molecule has 4 amide bonds. The Bertz CT molecular complexity index is 2300. The fraction of sp³-hybridized carbons (Fsp3) is 0.462. The Balaban J connectivity index is 1.27. The number of ether oxygens (including phenoxy) is 2. The molecule has 0 aromatic heterocycles. The topological polar surface area (TPSA) is 320 Å². The number of guanidine groups is 2. The Hall–Kier alpha value is -6.83. The lowest BCUT2D eigenvalue weighted by Crippen LogP contribution is -2.56. The number of anilines is 4. The molecule has 4 aliphatic heterocycles. The van der Waals surface area contributed by atoms with Gasteiger partial charge in [0.25, 0.3) is 11.8 Å². The molecule has 0 bridgehead atoms. The van der Waals surface area contributed by atoms with Crippen LogP contribution in [0.1, 0.15) is 62.5 Å². The van der Waals surface area contributed by atoms with E-state index in [1.165, 1.54) is 0 Å². The van der Waals surface area contributed by atoms with Gasteiger partial charge in [-0.25, -0.2) is 0 Å². The van der Waals surface area contributed by atoms with Crippen molar-refractivity contribution in [2.45, 2.75) is 88.3 Å². The number of halogens is 6. The van der Waals surface area contributed by atoms with Crippen LogP contribution in [0, 0.1) is 5.41 Å². The summed E-state index contributed by atoms with van der Waals surface area (Å²) in [4.78, 5) is 64.0. The highest BCUT2D eigenvalue weighted by atomic mass is 19.4. The molecule has 65 heavy (non-hydrogen) atoms. The first kappa shape index (κ1) is 47.6. The van der Waals surface area contributed by atoms with E-state index in [9.17, 15) is 45.5 Å². The van der Waals surface area contributed by atoms with Crippen LogP contribution in [0.5, 0.6) is 11.5 Å². The van der Waals surface area contributed by atoms with Gasteiger partial charge in [0.15, 0.2) is 23.4 Å². The predicted molar refractivity (Wildman–Crippen MR) is 226 cm³/mol. The number of alkyl halides is 6. The third-order valence-corrected chi connectivity index (χ3v) is 10.7. The molecule has 2 aromatic rings. The van der Waals surface area contributed by atoms with E-state index in [0.717, 1.165) is 9.80 Å². The van der Waals surface area contributed by atoms with Crippen LogP contribution in [0.15, 0.2) is 46.0 Å². The predicted octanol–water partition coefficient (Wildman–Crippen LogP) is 1.88. The van der Waals surface area contributed by atoms with Gasteiger partial charge in [-0.1, -0.05) is 0 Å². The van der Waals surface area contributed by atoms with Crippen LogP contribution >= 0.6 is 0 Å². The molecule has 352 valence electrons. The average Bonchev–Trinajstić information content (AvgIpc) is 3.90. The van der Waals surface area contributed by atoms with Gasteiger partial charge in [-0.05, 0) is 56.0 Å². The van der Waals surface area contributed by atoms with Gasteiger partial charge in [0.1, 0.15) is 35.9 Å². The molecule has 4 aliphatic rings. The summed E-state index contributed by atoms with van der Waals surface area (Å²) in [5.74, 6) is -4.63. The first-order chi connectivity index (χ1) is 30.6. The summed E-state index contributed by atoms with van der Waals surface area (Å²) in [6, 6.07) is 2.57. The lowest BCUT2D eigenvalue weighted by atomic mass is 10.0. The van der Waals surface area contributed by atoms with Gasteiger partial charge in [-0.15, -0.1) is 0 Å². The summed E-state index contributed by atoms with van der Waals surface area (Å²) in [7, 11) is 0. The highest BCUT2D eigenvalue weighted by Crippen LogP contribution is 2.49. The monoisotopic (exact) mass is 922 g/mol. The molecule has 2 saturated heterocycles. The smallest absolute Gasteiger partial charge is 0.416 e. The number of hydrogen-bond donors (Lipinski definition) is 10. The molecule has 4 atom stereocenters. The standard InChI is InChI=1S/C39H48F6N14O6/c40-38(41,42)18-13-22(56-28(60)5-1-3-9-54-36(48)49)30-25(16-18)59(33-27(65-30)8-12-53-33)35(63)21(47)17-20(46)34(62)57-23-14-19(39(43,44)45)15-24-31(23)64-26-7-11-52-32(26)58(24)29(61)6-2-4-10-55-37(50)51/h13-17,26-27,32-33,46,52-53H,1-12,47H2,(H,56,60)(H,57,62)(H4,48,49,54)(H4,50,51,55)/b21-17-,46-20?/t26-,27-,32?,33?/m1/s1. The molecule has 15 N–H and O–H groups in total. The molecular formula is C39H48F6N14O6. The molecule has 0 saturated carbocycles. The number of nitrogens with two attached hydrogens (primary N) is 5. The number of carbonyl (C=O) groups is 4. The Labute approximate surface area is 366 Å². The maximum Gasteiger partial charge on any atom is 0.416 e. The van der Waals surface area contributed by atoms with Gasteiger partial charge >= 0.3 is 12.4 Å². The van der Waals surface area contributed by atoms with E-state index < -0.39 is 100 Å². The van der Waals surface area contributed by atoms with Gasteiger partial charge < -0.3 is 48.8 Å². The molecule has 0 radical (unpaired) electrons. The van der Waals surface area contributed by atoms with Crippen LogP contribution in [-0.4, -0.2) is 92.0 Å². The summed E-state index contributed by atoms with van der Waals surface area (Å²) in [6.45, 7) is 1.01. The minimum absolute atomic E-state index is 0.105. The zero-order chi connectivity index (χ0) is 47.4. The normalized spacial score (nSPS) is 19.9. The fourth-order valence-corrected chi connectivity index (χ4v) is 7.71. The van der Waals surface area contributed by atoms with Gasteiger partial charge in [-0.3, -0.25) is 55.0 Å². The van der Waals surface area contributed by atoms with E-state index in [2.05, 4.69) is 31.3 Å². The highest BCUT2D eigenvalue weighted by Gasteiger charge is 2.47. The number of hydrogen-bond acceptors (Lipinski definition) is 12. The Kier molecular flexibility index (Phi) is 14.3. The van der Waals surface area contributed by atoms with Crippen molar-refractivity contribution in [3.05, 3.63) is 47.2 Å². The first-order valence-electron chi connectivity index (χ1n) is 20.4. The van der Waals surface area contributed by atoms with Gasteiger partial charge in [0.05, 0.1) is 33.9 Å². The van der Waals surface area contributed by atoms with E-state index in [4.69, 9.17) is 43.6 Å². The second-order valence-electron chi connectivity index (χ2n) is 15.4. The third-order valence-electron chi connectivity index (χ3n) is 10.7. The maximum atomic E-state index is 14.4. The number of aliphatic imine (C=N–C) groups is 2. The summed E-state index contributed by atoms with van der Waals surface area (Å²) >= 11 is 0. The molecule has 6 rings (SSSR count). The molecule has 4 heterocycles. The Morgan fingerprint density at radius 3 is 1.71 bits per heavy atom. The number of unbranched alkanes of at least 4 members (excludes halogenated alkanes) is 2. The average molecular weight is 923 g/mol. The van der Waals surface area contributed by atoms with E-state index in [1.54, 1.807) is 0 Å². The van der Waals surface area contributed by atoms with E-state index >= 15 is 0 Å². The number of nitrogens with one attached hydrogen (secondary N) is 5. The highest BCUT2D eigenvalue weighted by molar-refractivity contribution is 6.46. The van der Waals surface area contributed by atoms with E-state index in [1.807, 2.05) is 0 Å². The molecule has 2 fully saturated rings. The molecule has 20 nitrogen and oxygen atoms in total. The minimum atomic E-state index is -4.99. The molecule has 26 heteroatoms. The van der Waals surface area contributed by atoms with Crippen molar-refractivity contribution in [1.82, 2.24) is 10.6 Å². The lowest BCUT2D eigenvalue weighted by Gasteiger charge is -2.40. The largest absolute Gasteiger partial charge is 0.482 e. The van der Waals surface area contributed by atoms with Crippen LogP contribution in [0.4, 0.5) is 49.1 Å². The SMILES string of the molecule is N=C(/C=C(\N)C(=O)N1c2cc(C(F)(F)F)cc(NC(=O)CCCCN=C(N)N)c2O[C@@H]2CCNC21)C(=O)Nc1cc(C(F)(F)F)cc2c1O[C@@H]1CCNC1N2C(=O)CCCCN=C(N)N. The second kappa shape index (κ2) is 19.5. The van der Waals surface area contributed by atoms with Crippen molar-refractivity contribution < 1.29 is 55.0 Å². The quantitative estimate of drug-likeness (QED) is 0.0402. The third kappa shape index (κ3) is 11.1. The Morgan fingerprint density at radius 1 is 0.723 bits per heavy atom. The zero-order valence-electron chi connectivity index (χ0n) is 34.6. The van der Waals surface area contributed by atoms with E-state index in [0.29, 0.717) is 56.1 Å². The zero-order valence-corrected chi connectivity index (χ0v) is 34.6. The van der Waals surface area contributed by atoms with Crippen LogP contribution in [0.25, 0.3) is 0 Å². The summed E-state index contributed by atoms with van der Waals surface area (Å²) in [5.41, 5.74) is 21.4. The van der Waals surface area contributed by atoms with Crippen molar-refractivity contribution in [3.8, 4) is 11.5 Å². The summed E-state index contributed by atoms with van der Waals surface area (Å²) in [5, 5.41) is 19.2. The van der Waals surface area contributed by atoms with Gasteiger partial charge in [0.2, 0.25) is 11.8 Å². The number of rotatable bonds is 15. The molecule has 2 unspecified atom stereocenters. The van der Waals surface area contributed by atoms with Gasteiger partial charge in [-0.2, -0.15) is 26.3 Å². The van der Waals surface area contributed by atoms with Crippen molar-refractivity contribution in [3.63, 3.8) is 0 Å². The molecular weight excluding hydrogens is 875 g/mol. The van der Waals surface area contributed by atoms with Crippen molar-refractivity contribution in [2.24, 2.45) is 38.7 Å². The maximum absolute atomic E-state index is 14.4. The van der Waals surface area contributed by atoms with E-state index in [-0.39, 0.29) is 80.8 Å². The first-order valence-corrected chi connectivity index (χ1v) is 20.4. The molecule has 0 aliphatic carbocycles. The van der Waals surface area contributed by atoms with Crippen LogP contribution in [0.2, 0.25) is 0 Å². The number of benzene rings is 2. The number of nitrogens with zero attached hydrogens (tertiary/aromatic N) is 4. The second-order valence-corrected chi connectivity index (χ2v) is 15.4.